The summed E-state index contributed by atoms with van der Waals surface area (Å²) < 4.78 is 7.13. The molecule has 0 fully saturated rings. The second-order valence-corrected chi connectivity index (χ2v) is 20.1. The third kappa shape index (κ3) is 11.1. The fourth-order valence-electron chi connectivity index (χ4n) is 3.23. The van der Waals surface area contributed by atoms with Gasteiger partial charge in [0.05, 0.1) is 0 Å². The van der Waals surface area contributed by atoms with Crippen LogP contribution in [0.15, 0.2) is 10.2 Å². The van der Waals surface area contributed by atoms with Crippen LogP contribution in [-0.2, 0) is 0 Å². The molecule has 0 bridgehead atoms. The van der Waals surface area contributed by atoms with Crippen LogP contribution < -0.4 is 0 Å². The zero-order valence-corrected chi connectivity index (χ0v) is 18.7. The van der Waals surface area contributed by atoms with Crippen LogP contribution in [0.4, 0.5) is 0 Å². The van der Waals surface area contributed by atoms with Crippen molar-refractivity contribution in [1.29, 1.82) is 0 Å². The van der Waals surface area contributed by atoms with Gasteiger partial charge >= 0.3 is 145 Å². The van der Waals surface area contributed by atoms with E-state index in [1.165, 1.54) is 71.1 Å². The van der Waals surface area contributed by atoms with Crippen LogP contribution in [0.2, 0.25) is 13.3 Å². The average molecular weight is 417 g/mol. The molecular weight excluding hydrogens is 375 g/mol. The molecule has 0 heterocycles. The summed E-state index contributed by atoms with van der Waals surface area (Å²) in [6.07, 6.45) is 14.8. The van der Waals surface area contributed by atoms with Crippen molar-refractivity contribution in [2.45, 2.75) is 111 Å². The summed E-state index contributed by atoms with van der Waals surface area (Å²) in [5.74, 6) is 0. The van der Waals surface area contributed by atoms with E-state index in [2.05, 4.69) is 37.9 Å². The Morgan fingerprint density at radius 1 is 0.727 bits per heavy atom. The number of unbranched alkanes of at least 4 members (excludes halogenated alkanes) is 5. The van der Waals surface area contributed by atoms with E-state index >= 15 is 0 Å². The molecule has 0 aliphatic carbocycles. The van der Waals surface area contributed by atoms with Crippen LogP contribution in [0, 0.1) is 0 Å². The monoisotopic (exact) mass is 418 g/mol. The quantitative estimate of drug-likeness (QED) is 0.228. The fourth-order valence-corrected chi connectivity index (χ4v) is 17.6. The first-order valence-electron chi connectivity index (χ1n) is 10.0. The summed E-state index contributed by atoms with van der Waals surface area (Å²) in [6, 6.07) is 0. The predicted octanol–water partition coefficient (Wildman–Crippen LogP) is 6.87. The van der Waals surface area contributed by atoms with Crippen LogP contribution in [0.1, 0.15) is 91.9 Å². The van der Waals surface area contributed by atoms with E-state index in [0.29, 0.717) is 0 Å². The summed E-state index contributed by atoms with van der Waals surface area (Å²) in [5, 5.41) is 10.3. The van der Waals surface area contributed by atoms with Crippen LogP contribution in [-0.4, -0.2) is 29.6 Å². The Morgan fingerprint density at radius 3 is 1.59 bits per heavy atom. The molecule has 132 valence electrons. The molecule has 0 aromatic heterocycles. The summed E-state index contributed by atoms with van der Waals surface area (Å²) >= 11 is -2.15. The maximum atomic E-state index is 10.3. The third-order valence-electron chi connectivity index (χ3n) is 4.86. The van der Waals surface area contributed by atoms with Gasteiger partial charge in [0.2, 0.25) is 0 Å². The number of aliphatic hydroxyl groups is 1. The predicted molar refractivity (Wildman–Crippen MR) is 104 cm³/mol. The zero-order valence-electron chi connectivity index (χ0n) is 15.9. The first-order chi connectivity index (χ1) is 10.6. The van der Waals surface area contributed by atoms with E-state index in [-0.39, 0.29) is 6.10 Å². The molecule has 0 spiro atoms. The molecule has 0 radical (unpaired) electrons. The first kappa shape index (κ1) is 22.5. The summed E-state index contributed by atoms with van der Waals surface area (Å²) in [6.45, 7) is 9.18. The van der Waals surface area contributed by atoms with Gasteiger partial charge in [0.1, 0.15) is 0 Å². The average Bonchev–Trinajstić information content (AvgIpc) is 2.54. The fraction of sp³-hybridized carbons (Fsp3) is 0.900. The van der Waals surface area contributed by atoms with E-state index < -0.39 is 18.4 Å². The van der Waals surface area contributed by atoms with Gasteiger partial charge in [-0.1, -0.05) is 0 Å². The Kier molecular flexibility index (Phi) is 15.4. The number of aliphatic hydroxyl groups excluding tert-OH is 1. The number of hydrogen-bond donors (Lipinski definition) is 1. The third-order valence-corrected chi connectivity index (χ3v) is 19.0. The minimum absolute atomic E-state index is 0.187. The Bertz CT molecular complexity index is 241. The summed E-state index contributed by atoms with van der Waals surface area (Å²) in [4.78, 5) is 0. The van der Waals surface area contributed by atoms with Gasteiger partial charge in [-0.3, -0.25) is 0 Å². The van der Waals surface area contributed by atoms with Crippen molar-refractivity contribution < 1.29 is 5.11 Å². The molecule has 0 aromatic rings. The Balaban J connectivity index is 4.74. The molecule has 2 heteroatoms. The van der Waals surface area contributed by atoms with Gasteiger partial charge in [0, 0.05) is 0 Å². The second kappa shape index (κ2) is 15.1. The van der Waals surface area contributed by atoms with E-state index in [0.717, 1.165) is 6.42 Å². The van der Waals surface area contributed by atoms with Crippen molar-refractivity contribution in [2.75, 3.05) is 0 Å². The van der Waals surface area contributed by atoms with Crippen LogP contribution in [0.3, 0.4) is 0 Å². The molecule has 22 heavy (non-hydrogen) atoms. The van der Waals surface area contributed by atoms with Gasteiger partial charge in [-0.15, -0.1) is 0 Å². The zero-order chi connectivity index (χ0) is 16.7. The molecule has 1 N–H and O–H groups in total. The summed E-state index contributed by atoms with van der Waals surface area (Å²) in [7, 11) is 0. The van der Waals surface area contributed by atoms with E-state index in [1.807, 2.05) is 0 Å². The number of rotatable bonds is 15. The van der Waals surface area contributed by atoms with Crippen molar-refractivity contribution in [3.8, 4) is 0 Å². The molecule has 0 saturated carbocycles. The molecule has 0 rings (SSSR count). The van der Waals surface area contributed by atoms with Gasteiger partial charge in [-0.25, -0.2) is 0 Å². The Morgan fingerprint density at radius 2 is 1.18 bits per heavy atom. The van der Waals surface area contributed by atoms with Crippen LogP contribution in [0.25, 0.3) is 0 Å². The van der Waals surface area contributed by atoms with Crippen molar-refractivity contribution in [3.63, 3.8) is 0 Å². The van der Waals surface area contributed by atoms with Crippen molar-refractivity contribution >= 4 is 18.4 Å². The van der Waals surface area contributed by atoms with E-state index in [4.69, 9.17) is 0 Å². The minimum atomic E-state index is -2.15. The van der Waals surface area contributed by atoms with Crippen molar-refractivity contribution in [1.82, 2.24) is 0 Å². The normalized spacial score (nSPS) is 13.9. The van der Waals surface area contributed by atoms with Gasteiger partial charge < -0.3 is 0 Å². The SMILES string of the molecule is CCCCC[C@H](O)C=[CH][Sn]([CH2]CCC)([CH2]CCC)[CH2]CCC. The first-order valence-corrected chi connectivity index (χ1v) is 17.7. The molecule has 0 amide bonds. The molecular formula is C20H42OSn. The molecule has 0 aliphatic rings. The van der Waals surface area contributed by atoms with E-state index in [9.17, 15) is 5.11 Å². The van der Waals surface area contributed by atoms with Crippen molar-refractivity contribution in [2.24, 2.45) is 0 Å². The molecule has 1 atom stereocenters. The Hall–Kier alpha value is 0.499. The molecule has 0 aromatic carbocycles. The molecule has 0 unspecified atom stereocenters. The van der Waals surface area contributed by atoms with E-state index in [1.54, 1.807) is 0 Å². The van der Waals surface area contributed by atoms with Crippen LogP contribution >= 0.6 is 0 Å². The maximum absolute atomic E-state index is 10.3. The standard InChI is InChI=1S/C8H15O.3C4H9.Sn/c1-3-5-6-7-8(9)4-2;3*1-3-4-2;/h2,4,8-9H,3,5-7H2,1H3;3*1,3-4H2,2H3;/t8-;;;;/m1..../s1. The van der Waals surface area contributed by atoms with Gasteiger partial charge in [0.15, 0.2) is 0 Å². The van der Waals surface area contributed by atoms with Crippen molar-refractivity contribution in [3.05, 3.63) is 10.2 Å². The number of hydrogen-bond acceptors (Lipinski definition) is 1. The molecule has 1 nitrogen and oxygen atoms in total. The Labute approximate surface area is 144 Å². The molecule has 0 saturated heterocycles. The second-order valence-electron chi connectivity index (χ2n) is 7.10. The van der Waals surface area contributed by atoms with Gasteiger partial charge in [-0.2, -0.15) is 0 Å². The van der Waals surface area contributed by atoms with Gasteiger partial charge in [-0.05, 0) is 0 Å². The summed E-state index contributed by atoms with van der Waals surface area (Å²) in [5.41, 5.74) is 0. The van der Waals surface area contributed by atoms with Crippen LogP contribution in [0.5, 0.6) is 0 Å². The van der Waals surface area contributed by atoms with Gasteiger partial charge in [0.25, 0.3) is 0 Å². The molecule has 0 aliphatic heterocycles. The topological polar surface area (TPSA) is 20.2 Å².